The second-order valence-corrected chi connectivity index (χ2v) is 4.01. The van der Waals surface area contributed by atoms with Gasteiger partial charge < -0.3 is 9.63 Å². The van der Waals surface area contributed by atoms with Gasteiger partial charge in [-0.05, 0) is 18.2 Å². The summed E-state index contributed by atoms with van der Waals surface area (Å²) in [6, 6.07) is 6.72. The summed E-state index contributed by atoms with van der Waals surface area (Å²) >= 11 is 1.45. The number of rotatable bonds is 4. The molecule has 0 bridgehead atoms. The molecule has 0 aliphatic carbocycles. The molecule has 0 spiro atoms. The first-order valence-electron chi connectivity index (χ1n) is 4.47. The molecule has 1 aromatic heterocycles. The Kier molecular flexibility index (Phi) is 3.21. The summed E-state index contributed by atoms with van der Waals surface area (Å²) in [7, 11) is 0. The third-order valence-corrected chi connectivity index (χ3v) is 2.83. The monoisotopic (exact) mass is 236 g/mol. The van der Waals surface area contributed by atoms with Crippen LogP contribution in [-0.2, 0) is 5.75 Å². The lowest BCUT2D eigenvalue weighted by atomic mass is 10.2. The number of aromatic nitrogens is 2. The Bertz CT molecular complexity index is 485. The molecular weight excluding hydrogens is 228 g/mol. The summed E-state index contributed by atoms with van der Waals surface area (Å²) in [4.78, 5) is 15.5. The molecule has 0 atom stereocenters. The van der Waals surface area contributed by atoms with Gasteiger partial charge in [0.15, 0.2) is 6.33 Å². The van der Waals surface area contributed by atoms with E-state index in [1.807, 2.05) is 6.07 Å². The number of nitrogens with zero attached hydrogens (tertiary/aromatic N) is 2. The van der Waals surface area contributed by atoms with Crippen molar-refractivity contribution in [3.8, 4) is 0 Å². The fourth-order valence-corrected chi connectivity index (χ4v) is 1.93. The number of benzene rings is 1. The van der Waals surface area contributed by atoms with Crippen molar-refractivity contribution in [1.82, 2.24) is 10.1 Å². The number of carboxylic acid groups (broad SMARTS) is 1. The van der Waals surface area contributed by atoms with Gasteiger partial charge in [-0.3, -0.25) is 0 Å². The van der Waals surface area contributed by atoms with Crippen LogP contribution in [0, 0.1) is 0 Å². The van der Waals surface area contributed by atoms with E-state index in [9.17, 15) is 4.79 Å². The van der Waals surface area contributed by atoms with Crippen molar-refractivity contribution in [3.05, 3.63) is 42.0 Å². The molecule has 2 aromatic rings. The largest absolute Gasteiger partial charge is 0.478 e. The maximum Gasteiger partial charge on any atom is 0.335 e. The van der Waals surface area contributed by atoms with Gasteiger partial charge in [0.1, 0.15) is 0 Å². The van der Waals surface area contributed by atoms with Crippen LogP contribution in [0.2, 0.25) is 0 Å². The fourth-order valence-electron chi connectivity index (χ4n) is 1.12. The zero-order valence-corrected chi connectivity index (χ0v) is 8.98. The standard InChI is InChI=1S/C10H8N2O3S/c13-10(14)7-2-1-3-8(4-7)16-5-9-11-6-12-15-9/h1-4,6H,5H2,(H,13,14). The Labute approximate surface area is 95.5 Å². The van der Waals surface area contributed by atoms with Crippen LogP contribution in [0.4, 0.5) is 0 Å². The van der Waals surface area contributed by atoms with E-state index in [0.29, 0.717) is 11.6 Å². The van der Waals surface area contributed by atoms with Crippen LogP contribution in [0.15, 0.2) is 40.0 Å². The third-order valence-electron chi connectivity index (χ3n) is 1.85. The highest BCUT2D eigenvalue weighted by Gasteiger charge is 2.05. The average Bonchev–Trinajstić information content (AvgIpc) is 2.79. The van der Waals surface area contributed by atoms with E-state index in [-0.39, 0.29) is 5.56 Å². The second kappa shape index (κ2) is 4.80. The highest BCUT2D eigenvalue weighted by molar-refractivity contribution is 7.98. The summed E-state index contributed by atoms with van der Waals surface area (Å²) in [5.41, 5.74) is 0.274. The first kappa shape index (κ1) is 10.7. The molecule has 0 radical (unpaired) electrons. The molecule has 0 saturated heterocycles. The summed E-state index contributed by atoms with van der Waals surface area (Å²) < 4.78 is 4.83. The van der Waals surface area contributed by atoms with Gasteiger partial charge in [-0.2, -0.15) is 4.98 Å². The van der Waals surface area contributed by atoms with Crippen LogP contribution in [0.25, 0.3) is 0 Å². The molecule has 0 amide bonds. The molecule has 6 heteroatoms. The van der Waals surface area contributed by atoms with Crippen molar-refractivity contribution in [3.63, 3.8) is 0 Å². The third kappa shape index (κ3) is 2.60. The van der Waals surface area contributed by atoms with Gasteiger partial charge in [0.05, 0.1) is 11.3 Å². The van der Waals surface area contributed by atoms with E-state index < -0.39 is 5.97 Å². The minimum atomic E-state index is -0.930. The van der Waals surface area contributed by atoms with Gasteiger partial charge >= 0.3 is 5.97 Å². The maximum absolute atomic E-state index is 10.7. The van der Waals surface area contributed by atoms with Crippen LogP contribution in [0.5, 0.6) is 0 Å². The van der Waals surface area contributed by atoms with Gasteiger partial charge in [0.25, 0.3) is 0 Å². The molecular formula is C10H8N2O3S. The van der Waals surface area contributed by atoms with Crippen molar-refractivity contribution < 1.29 is 14.4 Å². The smallest absolute Gasteiger partial charge is 0.335 e. The van der Waals surface area contributed by atoms with Crippen LogP contribution in [0.3, 0.4) is 0 Å². The van der Waals surface area contributed by atoms with Gasteiger partial charge in [-0.1, -0.05) is 11.2 Å². The average molecular weight is 236 g/mol. The fraction of sp³-hybridized carbons (Fsp3) is 0.100. The zero-order chi connectivity index (χ0) is 11.4. The van der Waals surface area contributed by atoms with Gasteiger partial charge in [0, 0.05) is 4.90 Å². The summed E-state index contributed by atoms with van der Waals surface area (Å²) in [5.74, 6) is 0.120. The first-order chi connectivity index (χ1) is 7.75. The zero-order valence-electron chi connectivity index (χ0n) is 8.16. The van der Waals surface area contributed by atoms with E-state index in [2.05, 4.69) is 10.1 Å². The lowest BCUT2D eigenvalue weighted by Gasteiger charge is -1.99. The summed E-state index contributed by atoms with van der Waals surface area (Å²) in [6.07, 6.45) is 1.34. The van der Waals surface area contributed by atoms with Crippen LogP contribution >= 0.6 is 11.8 Å². The minimum absolute atomic E-state index is 0.274. The maximum atomic E-state index is 10.7. The molecule has 5 nitrogen and oxygen atoms in total. The lowest BCUT2D eigenvalue weighted by molar-refractivity contribution is 0.0696. The van der Waals surface area contributed by atoms with Crippen molar-refractivity contribution in [2.45, 2.75) is 10.6 Å². The van der Waals surface area contributed by atoms with Crippen LogP contribution in [0.1, 0.15) is 16.2 Å². The highest BCUT2D eigenvalue weighted by Crippen LogP contribution is 2.22. The van der Waals surface area contributed by atoms with Crippen molar-refractivity contribution in [2.75, 3.05) is 0 Å². The molecule has 16 heavy (non-hydrogen) atoms. The predicted octanol–water partition coefficient (Wildman–Crippen LogP) is 2.06. The van der Waals surface area contributed by atoms with E-state index in [0.717, 1.165) is 4.90 Å². The molecule has 82 valence electrons. The Morgan fingerprint density at radius 3 is 3.06 bits per heavy atom. The molecule has 2 rings (SSSR count). The SMILES string of the molecule is O=C(O)c1cccc(SCc2ncno2)c1. The van der Waals surface area contributed by atoms with Crippen molar-refractivity contribution >= 4 is 17.7 Å². The van der Waals surface area contributed by atoms with Crippen LogP contribution < -0.4 is 0 Å². The molecule has 0 unspecified atom stereocenters. The number of carboxylic acids is 1. The van der Waals surface area contributed by atoms with Gasteiger partial charge in [0.2, 0.25) is 5.89 Å². The quantitative estimate of drug-likeness (QED) is 0.819. The second-order valence-electron chi connectivity index (χ2n) is 2.96. The van der Waals surface area contributed by atoms with Crippen molar-refractivity contribution in [2.24, 2.45) is 0 Å². The Morgan fingerprint density at radius 2 is 2.38 bits per heavy atom. The number of hydrogen-bond donors (Lipinski definition) is 1. The summed E-state index contributed by atoms with van der Waals surface area (Å²) in [5, 5.41) is 12.3. The molecule has 1 N–H and O–H groups in total. The summed E-state index contributed by atoms with van der Waals surface area (Å²) in [6.45, 7) is 0. The predicted molar refractivity (Wildman–Crippen MR) is 57.3 cm³/mol. The van der Waals surface area contributed by atoms with E-state index >= 15 is 0 Å². The normalized spacial score (nSPS) is 10.2. The lowest BCUT2D eigenvalue weighted by Crippen LogP contribution is -1.95. The Hall–Kier alpha value is -1.82. The number of hydrogen-bond acceptors (Lipinski definition) is 5. The van der Waals surface area contributed by atoms with Gasteiger partial charge in [-0.15, -0.1) is 11.8 Å². The number of aromatic carboxylic acids is 1. The molecule has 0 aliphatic rings. The minimum Gasteiger partial charge on any atom is -0.478 e. The topological polar surface area (TPSA) is 76.2 Å². The molecule has 0 aliphatic heterocycles. The van der Waals surface area contributed by atoms with Gasteiger partial charge in [-0.25, -0.2) is 4.79 Å². The Morgan fingerprint density at radius 1 is 1.50 bits per heavy atom. The van der Waals surface area contributed by atoms with Crippen LogP contribution in [-0.4, -0.2) is 21.2 Å². The Balaban J connectivity index is 2.04. The van der Waals surface area contributed by atoms with Crippen molar-refractivity contribution in [1.29, 1.82) is 0 Å². The first-order valence-corrected chi connectivity index (χ1v) is 5.46. The molecule has 0 fully saturated rings. The highest BCUT2D eigenvalue weighted by atomic mass is 32.2. The molecule has 0 saturated carbocycles. The van der Waals surface area contributed by atoms with E-state index in [4.69, 9.17) is 9.63 Å². The number of carbonyl (C=O) groups is 1. The van der Waals surface area contributed by atoms with E-state index in [1.165, 1.54) is 18.1 Å². The van der Waals surface area contributed by atoms with E-state index in [1.54, 1.807) is 18.2 Å². The molecule has 1 aromatic carbocycles. The molecule has 1 heterocycles. The number of thioether (sulfide) groups is 1.